The van der Waals surface area contributed by atoms with E-state index < -0.39 is 0 Å². The van der Waals surface area contributed by atoms with Gasteiger partial charge in [-0.1, -0.05) is 37.6 Å². The molecule has 0 bridgehead atoms. The van der Waals surface area contributed by atoms with Crippen molar-refractivity contribution in [2.45, 2.75) is 26.7 Å². The number of rotatable bonds is 5. The summed E-state index contributed by atoms with van der Waals surface area (Å²) in [6.45, 7) is 4.01. The van der Waals surface area contributed by atoms with Crippen molar-refractivity contribution in [3.05, 3.63) is 65.2 Å². The van der Waals surface area contributed by atoms with Gasteiger partial charge in [0.2, 0.25) is 0 Å². The highest BCUT2D eigenvalue weighted by atomic mass is 16.3. The molecule has 0 saturated carbocycles. The van der Waals surface area contributed by atoms with Gasteiger partial charge in [0.05, 0.1) is 5.71 Å². The van der Waals surface area contributed by atoms with Crippen molar-refractivity contribution in [3.8, 4) is 5.75 Å². The molecule has 2 rings (SSSR count). The maximum atomic E-state index is 11.9. The normalized spacial score (nSPS) is 11.3. The average molecular weight is 296 g/mol. The second-order valence-electron chi connectivity index (χ2n) is 5.13. The lowest BCUT2D eigenvalue weighted by molar-refractivity contribution is 0.0955. The monoisotopic (exact) mass is 296 g/mol. The van der Waals surface area contributed by atoms with Crippen molar-refractivity contribution < 1.29 is 9.90 Å². The maximum Gasteiger partial charge on any atom is 0.271 e. The van der Waals surface area contributed by atoms with E-state index in [1.807, 2.05) is 19.1 Å². The summed E-state index contributed by atoms with van der Waals surface area (Å²) in [6.07, 6.45) is 2.18. The van der Waals surface area contributed by atoms with Gasteiger partial charge >= 0.3 is 0 Å². The van der Waals surface area contributed by atoms with Crippen molar-refractivity contribution in [2.75, 3.05) is 0 Å². The third kappa shape index (κ3) is 4.19. The SMILES string of the molecule is CCCc1ccc(/C(C)=N/NC(=O)c2ccc(O)cc2)cc1. The molecular formula is C18H20N2O2. The van der Waals surface area contributed by atoms with Gasteiger partial charge in [0, 0.05) is 5.56 Å². The van der Waals surface area contributed by atoms with Crippen LogP contribution in [0.2, 0.25) is 0 Å². The van der Waals surface area contributed by atoms with Crippen LogP contribution < -0.4 is 5.43 Å². The third-order valence-corrected chi connectivity index (χ3v) is 3.37. The molecular weight excluding hydrogens is 276 g/mol. The molecule has 4 nitrogen and oxygen atoms in total. The Balaban J connectivity index is 2.02. The van der Waals surface area contributed by atoms with Crippen molar-refractivity contribution in [1.82, 2.24) is 5.43 Å². The van der Waals surface area contributed by atoms with Crippen LogP contribution in [0, 0.1) is 0 Å². The fraction of sp³-hybridized carbons (Fsp3) is 0.222. The highest BCUT2D eigenvalue weighted by molar-refractivity contribution is 6.00. The Morgan fingerprint density at radius 3 is 2.23 bits per heavy atom. The zero-order valence-electron chi connectivity index (χ0n) is 12.8. The Labute approximate surface area is 130 Å². The van der Waals surface area contributed by atoms with Crippen molar-refractivity contribution in [2.24, 2.45) is 5.10 Å². The standard InChI is InChI=1S/C18H20N2O2/c1-3-4-14-5-7-15(8-6-14)13(2)19-20-18(22)16-9-11-17(21)12-10-16/h5-12,21H,3-4H2,1-2H3,(H,20,22)/b19-13+. The van der Waals surface area contributed by atoms with E-state index >= 15 is 0 Å². The molecule has 0 aliphatic carbocycles. The van der Waals surface area contributed by atoms with Crippen LogP contribution in [0.4, 0.5) is 0 Å². The summed E-state index contributed by atoms with van der Waals surface area (Å²) < 4.78 is 0. The van der Waals surface area contributed by atoms with Gasteiger partial charge < -0.3 is 5.11 Å². The van der Waals surface area contributed by atoms with Crippen LogP contribution in [0.15, 0.2) is 53.6 Å². The first-order chi connectivity index (χ1) is 10.6. The Morgan fingerprint density at radius 1 is 1.05 bits per heavy atom. The topological polar surface area (TPSA) is 61.7 Å². The first-order valence-electron chi connectivity index (χ1n) is 7.33. The Morgan fingerprint density at radius 2 is 1.64 bits per heavy atom. The molecule has 0 radical (unpaired) electrons. The number of hydrogen-bond donors (Lipinski definition) is 2. The Hall–Kier alpha value is -2.62. The summed E-state index contributed by atoms with van der Waals surface area (Å²) in [5.41, 5.74) is 6.00. The quantitative estimate of drug-likeness (QED) is 0.655. The van der Waals surface area contributed by atoms with E-state index in [4.69, 9.17) is 0 Å². The summed E-state index contributed by atoms with van der Waals surface area (Å²) >= 11 is 0. The number of phenols is 1. The molecule has 0 spiro atoms. The summed E-state index contributed by atoms with van der Waals surface area (Å²) in [6, 6.07) is 14.2. The van der Waals surface area contributed by atoms with Crippen LogP contribution in [-0.2, 0) is 6.42 Å². The molecule has 2 N–H and O–H groups in total. The zero-order chi connectivity index (χ0) is 15.9. The van der Waals surface area contributed by atoms with E-state index in [1.165, 1.54) is 17.7 Å². The lowest BCUT2D eigenvalue weighted by Gasteiger charge is -2.05. The minimum atomic E-state index is -0.304. The molecule has 0 aliphatic rings. The Bertz CT molecular complexity index is 658. The second kappa shape index (κ2) is 7.41. The summed E-state index contributed by atoms with van der Waals surface area (Å²) in [5, 5.41) is 13.3. The van der Waals surface area contributed by atoms with Gasteiger partial charge in [-0.2, -0.15) is 5.10 Å². The molecule has 0 unspecified atom stereocenters. The Kier molecular flexibility index (Phi) is 5.31. The lowest BCUT2D eigenvalue weighted by Crippen LogP contribution is -2.19. The molecule has 0 aliphatic heterocycles. The molecule has 0 atom stereocenters. The van der Waals surface area contributed by atoms with Crippen LogP contribution in [-0.4, -0.2) is 16.7 Å². The van der Waals surface area contributed by atoms with E-state index in [0.717, 1.165) is 24.1 Å². The molecule has 1 amide bonds. The van der Waals surface area contributed by atoms with E-state index in [2.05, 4.69) is 29.6 Å². The minimum absolute atomic E-state index is 0.128. The molecule has 114 valence electrons. The number of carbonyl (C=O) groups is 1. The van der Waals surface area contributed by atoms with Gasteiger partial charge in [0.15, 0.2) is 0 Å². The number of phenolic OH excluding ortho intramolecular Hbond substituents is 1. The predicted molar refractivity (Wildman–Crippen MR) is 88.2 cm³/mol. The largest absolute Gasteiger partial charge is 0.508 e. The molecule has 2 aromatic rings. The molecule has 0 fully saturated rings. The first kappa shape index (κ1) is 15.8. The summed E-state index contributed by atoms with van der Waals surface area (Å²) in [5.74, 6) is -0.176. The number of hydrazone groups is 1. The molecule has 22 heavy (non-hydrogen) atoms. The number of aryl methyl sites for hydroxylation is 1. The fourth-order valence-corrected chi connectivity index (χ4v) is 2.08. The number of nitrogens with one attached hydrogen (secondary N) is 1. The predicted octanol–water partition coefficient (Wildman–Crippen LogP) is 3.50. The average Bonchev–Trinajstić information content (AvgIpc) is 2.54. The van der Waals surface area contributed by atoms with Crippen LogP contribution in [0.3, 0.4) is 0 Å². The molecule has 2 aromatic carbocycles. The fourth-order valence-electron chi connectivity index (χ4n) is 2.08. The van der Waals surface area contributed by atoms with E-state index in [1.54, 1.807) is 12.1 Å². The van der Waals surface area contributed by atoms with Gasteiger partial charge in [-0.05, 0) is 48.7 Å². The van der Waals surface area contributed by atoms with Crippen molar-refractivity contribution >= 4 is 11.6 Å². The summed E-state index contributed by atoms with van der Waals surface area (Å²) in [4.78, 5) is 11.9. The van der Waals surface area contributed by atoms with Crippen molar-refractivity contribution in [3.63, 3.8) is 0 Å². The van der Waals surface area contributed by atoms with E-state index in [-0.39, 0.29) is 11.7 Å². The van der Waals surface area contributed by atoms with Gasteiger partial charge in [-0.25, -0.2) is 5.43 Å². The highest BCUT2D eigenvalue weighted by Crippen LogP contribution is 2.10. The van der Waals surface area contributed by atoms with Crippen LogP contribution >= 0.6 is 0 Å². The van der Waals surface area contributed by atoms with Gasteiger partial charge in [-0.3, -0.25) is 4.79 Å². The lowest BCUT2D eigenvalue weighted by atomic mass is 10.1. The number of nitrogens with zero attached hydrogens (tertiary/aromatic N) is 1. The molecule has 4 heteroatoms. The second-order valence-corrected chi connectivity index (χ2v) is 5.13. The molecule has 0 heterocycles. The summed E-state index contributed by atoms with van der Waals surface area (Å²) in [7, 11) is 0. The van der Waals surface area contributed by atoms with Crippen molar-refractivity contribution in [1.29, 1.82) is 0 Å². The minimum Gasteiger partial charge on any atom is -0.508 e. The number of hydrogen-bond acceptors (Lipinski definition) is 3. The molecule has 0 saturated heterocycles. The number of carbonyl (C=O) groups excluding carboxylic acids is 1. The van der Waals surface area contributed by atoms with Crippen LogP contribution in [0.1, 0.15) is 41.8 Å². The molecule has 0 aromatic heterocycles. The first-order valence-corrected chi connectivity index (χ1v) is 7.33. The smallest absolute Gasteiger partial charge is 0.271 e. The number of benzene rings is 2. The number of aromatic hydroxyl groups is 1. The van der Waals surface area contributed by atoms with Crippen LogP contribution in [0.25, 0.3) is 0 Å². The van der Waals surface area contributed by atoms with E-state index in [0.29, 0.717) is 5.56 Å². The maximum absolute atomic E-state index is 11.9. The highest BCUT2D eigenvalue weighted by Gasteiger charge is 2.05. The van der Waals surface area contributed by atoms with E-state index in [9.17, 15) is 9.90 Å². The van der Waals surface area contributed by atoms with Gasteiger partial charge in [0.1, 0.15) is 5.75 Å². The van der Waals surface area contributed by atoms with Crippen LogP contribution in [0.5, 0.6) is 5.75 Å². The third-order valence-electron chi connectivity index (χ3n) is 3.37. The van der Waals surface area contributed by atoms with Gasteiger partial charge in [-0.15, -0.1) is 0 Å². The zero-order valence-corrected chi connectivity index (χ0v) is 12.8. The van der Waals surface area contributed by atoms with Gasteiger partial charge in [0.25, 0.3) is 5.91 Å². The number of amides is 1.